The smallest absolute Gasteiger partial charge is 0.0721 e. The van der Waals surface area contributed by atoms with Crippen LogP contribution in [0.4, 0.5) is 0 Å². The van der Waals surface area contributed by atoms with E-state index in [4.69, 9.17) is 4.74 Å². The molecule has 1 heterocycles. The molecule has 104 valence electrons. The number of aliphatic hydroxyl groups excluding tert-OH is 1. The van der Waals surface area contributed by atoms with Crippen LogP contribution in [-0.4, -0.2) is 24.4 Å². The molecule has 1 unspecified atom stereocenters. The second-order valence-electron chi connectivity index (χ2n) is 5.85. The number of rotatable bonds is 3. The second-order valence-corrected chi connectivity index (χ2v) is 5.85. The van der Waals surface area contributed by atoms with E-state index in [1.807, 2.05) is 0 Å². The predicted molar refractivity (Wildman–Crippen MR) is 74.8 cm³/mol. The maximum absolute atomic E-state index is 9.53. The highest BCUT2D eigenvalue weighted by Crippen LogP contribution is 2.27. The summed E-state index contributed by atoms with van der Waals surface area (Å²) in [5.74, 6) is 0.706. The van der Waals surface area contributed by atoms with Crippen molar-refractivity contribution in [2.45, 2.75) is 44.4 Å². The SMILES string of the molecule is OC1CCC(CNC2COCc3ccccc32)CC1. The molecule has 1 aliphatic carbocycles. The van der Waals surface area contributed by atoms with Crippen LogP contribution in [0, 0.1) is 5.92 Å². The first-order valence-electron chi connectivity index (χ1n) is 7.40. The molecule has 1 atom stereocenters. The molecule has 1 fully saturated rings. The summed E-state index contributed by atoms with van der Waals surface area (Å²) in [6.45, 7) is 2.55. The van der Waals surface area contributed by atoms with E-state index in [9.17, 15) is 5.11 Å². The Morgan fingerprint density at radius 1 is 1.16 bits per heavy atom. The largest absolute Gasteiger partial charge is 0.393 e. The molecule has 2 aliphatic rings. The van der Waals surface area contributed by atoms with Crippen molar-refractivity contribution in [3.8, 4) is 0 Å². The first-order valence-corrected chi connectivity index (χ1v) is 7.40. The van der Waals surface area contributed by atoms with Crippen LogP contribution >= 0.6 is 0 Å². The maximum atomic E-state index is 9.53. The first kappa shape index (κ1) is 13.1. The summed E-state index contributed by atoms with van der Waals surface area (Å²) in [5.41, 5.74) is 2.70. The van der Waals surface area contributed by atoms with E-state index in [2.05, 4.69) is 29.6 Å². The van der Waals surface area contributed by atoms with Crippen molar-refractivity contribution < 1.29 is 9.84 Å². The van der Waals surface area contributed by atoms with Gasteiger partial charge in [-0.15, -0.1) is 0 Å². The fraction of sp³-hybridized carbons (Fsp3) is 0.625. The minimum Gasteiger partial charge on any atom is -0.393 e. The summed E-state index contributed by atoms with van der Waals surface area (Å²) >= 11 is 0. The first-order chi connectivity index (χ1) is 9.33. The average Bonchev–Trinajstić information content (AvgIpc) is 2.47. The summed E-state index contributed by atoms with van der Waals surface area (Å²) < 4.78 is 5.66. The number of hydrogen-bond acceptors (Lipinski definition) is 3. The fourth-order valence-electron chi connectivity index (χ4n) is 3.21. The zero-order valence-corrected chi connectivity index (χ0v) is 11.3. The lowest BCUT2D eigenvalue weighted by Crippen LogP contribution is -2.34. The van der Waals surface area contributed by atoms with Gasteiger partial charge in [0.25, 0.3) is 0 Å². The van der Waals surface area contributed by atoms with Crippen molar-refractivity contribution >= 4 is 0 Å². The Balaban J connectivity index is 1.56. The van der Waals surface area contributed by atoms with Gasteiger partial charge in [0.05, 0.1) is 25.4 Å². The summed E-state index contributed by atoms with van der Waals surface area (Å²) in [5, 5.41) is 13.2. The Morgan fingerprint density at radius 2 is 1.95 bits per heavy atom. The predicted octanol–water partition coefficient (Wildman–Crippen LogP) is 2.40. The van der Waals surface area contributed by atoms with Gasteiger partial charge in [-0.3, -0.25) is 0 Å². The van der Waals surface area contributed by atoms with E-state index in [0.717, 1.165) is 45.4 Å². The third kappa shape index (κ3) is 3.16. The lowest BCUT2D eigenvalue weighted by molar-refractivity contribution is 0.0758. The molecule has 3 heteroatoms. The van der Waals surface area contributed by atoms with Crippen LogP contribution < -0.4 is 5.32 Å². The molecule has 0 amide bonds. The molecule has 3 nitrogen and oxygen atoms in total. The van der Waals surface area contributed by atoms with Gasteiger partial charge in [-0.1, -0.05) is 24.3 Å². The van der Waals surface area contributed by atoms with E-state index in [0.29, 0.717) is 12.0 Å². The molecule has 3 rings (SSSR count). The molecule has 1 saturated carbocycles. The maximum Gasteiger partial charge on any atom is 0.0721 e. The van der Waals surface area contributed by atoms with Gasteiger partial charge in [-0.2, -0.15) is 0 Å². The normalized spacial score (nSPS) is 30.9. The molecule has 1 aliphatic heterocycles. The highest BCUT2D eigenvalue weighted by molar-refractivity contribution is 5.31. The summed E-state index contributed by atoms with van der Waals surface area (Å²) in [6, 6.07) is 8.88. The Bertz CT molecular complexity index is 413. The van der Waals surface area contributed by atoms with Crippen LogP contribution in [-0.2, 0) is 11.3 Å². The van der Waals surface area contributed by atoms with Crippen LogP contribution in [0.2, 0.25) is 0 Å². The summed E-state index contributed by atoms with van der Waals surface area (Å²) in [4.78, 5) is 0. The standard InChI is InChI=1S/C16H23NO2/c18-14-7-5-12(6-8-14)9-17-16-11-19-10-13-3-1-2-4-15(13)16/h1-4,12,14,16-18H,5-11H2. The quantitative estimate of drug-likeness (QED) is 0.878. The van der Waals surface area contributed by atoms with Crippen LogP contribution in [0.25, 0.3) is 0 Å². The monoisotopic (exact) mass is 261 g/mol. The minimum absolute atomic E-state index is 0.0602. The van der Waals surface area contributed by atoms with Crippen molar-refractivity contribution in [3.63, 3.8) is 0 Å². The number of fused-ring (bicyclic) bond motifs is 1. The fourth-order valence-corrected chi connectivity index (χ4v) is 3.21. The van der Waals surface area contributed by atoms with Gasteiger partial charge in [0.1, 0.15) is 0 Å². The number of ether oxygens (including phenoxy) is 1. The molecular weight excluding hydrogens is 238 g/mol. The van der Waals surface area contributed by atoms with Crippen molar-refractivity contribution in [2.24, 2.45) is 5.92 Å². The van der Waals surface area contributed by atoms with Gasteiger partial charge >= 0.3 is 0 Å². The van der Waals surface area contributed by atoms with Crippen LogP contribution in [0.3, 0.4) is 0 Å². The van der Waals surface area contributed by atoms with Crippen molar-refractivity contribution in [3.05, 3.63) is 35.4 Å². The number of nitrogens with one attached hydrogen (secondary N) is 1. The molecule has 0 saturated heterocycles. The van der Waals surface area contributed by atoms with E-state index in [-0.39, 0.29) is 6.10 Å². The summed E-state index contributed by atoms with van der Waals surface area (Å²) in [7, 11) is 0. The number of aliphatic hydroxyl groups is 1. The zero-order valence-electron chi connectivity index (χ0n) is 11.3. The van der Waals surface area contributed by atoms with Gasteiger partial charge in [-0.05, 0) is 49.3 Å². The lowest BCUT2D eigenvalue weighted by Gasteiger charge is -2.30. The minimum atomic E-state index is -0.0602. The molecule has 2 N–H and O–H groups in total. The van der Waals surface area contributed by atoms with Crippen molar-refractivity contribution in [1.82, 2.24) is 5.32 Å². The van der Waals surface area contributed by atoms with E-state index in [1.54, 1.807) is 0 Å². The topological polar surface area (TPSA) is 41.5 Å². The Hall–Kier alpha value is -0.900. The molecule has 0 aromatic heterocycles. The van der Waals surface area contributed by atoms with Crippen LogP contribution in [0.5, 0.6) is 0 Å². The van der Waals surface area contributed by atoms with Gasteiger partial charge in [0, 0.05) is 0 Å². The Labute approximate surface area is 115 Å². The average molecular weight is 261 g/mol. The molecule has 0 spiro atoms. The molecule has 0 bridgehead atoms. The lowest BCUT2D eigenvalue weighted by atomic mass is 9.87. The van der Waals surface area contributed by atoms with Crippen LogP contribution in [0.1, 0.15) is 42.9 Å². The van der Waals surface area contributed by atoms with Gasteiger partial charge < -0.3 is 15.2 Å². The highest BCUT2D eigenvalue weighted by atomic mass is 16.5. The zero-order chi connectivity index (χ0) is 13.1. The molecule has 1 aromatic carbocycles. The van der Waals surface area contributed by atoms with E-state index < -0.39 is 0 Å². The molecular formula is C16H23NO2. The third-order valence-corrected chi connectivity index (χ3v) is 4.44. The molecule has 0 radical (unpaired) electrons. The van der Waals surface area contributed by atoms with Crippen LogP contribution in [0.15, 0.2) is 24.3 Å². The number of hydrogen-bond donors (Lipinski definition) is 2. The highest BCUT2D eigenvalue weighted by Gasteiger charge is 2.23. The number of benzene rings is 1. The van der Waals surface area contributed by atoms with E-state index >= 15 is 0 Å². The Morgan fingerprint density at radius 3 is 2.79 bits per heavy atom. The second kappa shape index (κ2) is 6.04. The molecule has 1 aromatic rings. The molecule has 19 heavy (non-hydrogen) atoms. The summed E-state index contributed by atoms with van der Waals surface area (Å²) in [6.07, 6.45) is 4.15. The Kier molecular flexibility index (Phi) is 4.16. The third-order valence-electron chi connectivity index (χ3n) is 4.44. The van der Waals surface area contributed by atoms with Crippen molar-refractivity contribution in [2.75, 3.05) is 13.2 Å². The van der Waals surface area contributed by atoms with Gasteiger partial charge in [0.15, 0.2) is 0 Å². The van der Waals surface area contributed by atoms with Gasteiger partial charge in [0.2, 0.25) is 0 Å². The van der Waals surface area contributed by atoms with Crippen molar-refractivity contribution in [1.29, 1.82) is 0 Å². The van der Waals surface area contributed by atoms with Gasteiger partial charge in [-0.25, -0.2) is 0 Å². The van der Waals surface area contributed by atoms with E-state index in [1.165, 1.54) is 11.1 Å².